The van der Waals surface area contributed by atoms with Crippen molar-refractivity contribution >= 4 is 18.3 Å². The van der Waals surface area contributed by atoms with Crippen molar-refractivity contribution in [2.24, 2.45) is 5.92 Å². The summed E-state index contributed by atoms with van der Waals surface area (Å²) in [6.45, 7) is 7.44. The molecule has 2 rings (SSSR count). The largest absolute Gasteiger partial charge is 0.381 e. The molecule has 1 amide bonds. The van der Waals surface area contributed by atoms with Gasteiger partial charge in [0.15, 0.2) is 0 Å². The van der Waals surface area contributed by atoms with Gasteiger partial charge in [-0.2, -0.15) is 0 Å². The highest BCUT2D eigenvalue weighted by molar-refractivity contribution is 5.85. The van der Waals surface area contributed by atoms with Crippen LogP contribution in [-0.4, -0.2) is 49.2 Å². The fourth-order valence-corrected chi connectivity index (χ4v) is 2.54. The van der Waals surface area contributed by atoms with Crippen molar-refractivity contribution in [3.63, 3.8) is 0 Å². The van der Waals surface area contributed by atoms with E-state index in [1.54, 1.807) is 0 Å². The highest BCUT2D eigenvalue weighted by Gasteiger charge is 2.33. The van der Waals surface area contributed by atoms with E-state index in [1.165, 1.54) is 0 Å². The number of nitrogens with one attached hydrogen (secondary N) is 1. The second-order valence-corrected chi connectivity index (χ2v) is 4.93. The van der Waals surface area contributed by atoms with Crippen molar-refractivity contribution < 1.29 is 9.53 Å². The predicted molar refractivity (Wildman–Crippen MR) is 69.4 cm³/mol. The molecular weight excluding hydrogens is 240 g/mol. The van der Waals surface area contributed by atoms with Crippen molar-refractivity contribution in [2.45, 2.75) is 38.8 Å². The van der Waals surface area contributed by atoms with Crippen LogP contribution in [0.3, 0.4) is 0 Å². The molecule has 3 atom stereocenters. The molecule has 0 saturated carbocycles. The molecule has 0 aliphatic carbocycles. The zero-order chi connectivity index (χ0) is 11.5. The molecule has 0 radical (unpaired) electrons. The van der Waals surface area contributed by atoms with E-state index in [-0.39, 0.29) is 18.3 Å². The van der Waals surface area contributed by atoms with Gasteiger partial charge in [0.25, 0.3) is 0 Å². The van der Waals surface area contributed by atoms with Crippen LogP contribution >= 0.6 is 12.4 Å². The molecule has 0 aromatic carbocycles. The average molecular weight is 263 g/mol. The molecule has 2 fully saturated rings. The Morgan fingerprint density at radius 2 is 2.18 bits per heavy atom. The van der Waals surface area contributed by atoms with Crippen LogP contribution in [0.1, 0.15) is 26.7 Å². The lowest BCUT2D eigenvalue weighted by molar-refractivity contribution is -0.143. The SMILES string of the molecule is CC1NCCN(C(=O)C2CCCOC2)C1C.Cl. The Kier molecular flexibility index (Phi) is 5.70. The molecule has 0 aromatic rings. The Labute approximate surface area is 109 Å². The Morgan fingerprint density at radius 1 is 1.41 bits per heavy atom. The molecule has 2 aliphatic rings. The summed E-state index contributed by atoms with van der Waals surface area (Å²) in [5, 5.41) is 3.39. The van der Waals surface area contributed by atoms with Crippen molar-refractivity contribution in [3.8, 4) is 0 Å². The first-order chi connectivity index (χ1) is 7.70. The molecule has 2 aliphatic heterocycles. The minimum Gasteiger partial charge on any atom is -0.381 e. The lowest BCUT2D eigenvalue weighted by Crippen LogP contribution is -2.58. The Bertz CT molecular complexity index is 257. The number of piperazine rings is 1. The average Bonchev–Trinajstić information content (AvgIpc) is 2.33. The van der Waals surface area contributed by atoms with Crippen LogP contribution in [0.15, 0.2) is 0 Å². The first-order valence-electron chi connectivity index (χ1n) is 6.31. The molecule has 0 bridgehead atoms. The van der Waals surface area contributed by atoms with Gasteiger partial charge in [0, 0.05) is 31.8 Å². The van der Waals surface area contributed by atoms with Gasteiger partial charge in [0.05, 0.1) is 12.5 Å². The number of halogens is 1. The van der Waals surface area contributed by atoms with Crippen LogP contribution in [0.4, 0.5) is 0 Å². The second-order valence-electron chi connectivity index (χ2n) is 4.93. The fourth-order valence-electron chi connectivity index (χ4n) is 2.54. The Morgan fingerprint density at radius 3 is 2.82 bits per heavy atom. The summed E-state index contributed by atoms with van der Waals surface area (Å²) in [5.41, 5.74) is 0. The van der Waals surface area contributed by atoms with E-state index in [2.05, 4.69) is 19.2 Å². The molecule has 2 heterocycles. The van der Waals surface area contributed by atoms with Crippen LogP contribution in [0.5, 0.6) is 0 Å². The van der Waals surface area contributed by atoms with E-state index < -0.39 is 0 Å². The van der Waals surface area contributed by atoms with Gasteiger partial charge in [-0.25, -0.2) is 0 Å². The molecule has 4 nitrogen and oxygen atoms in total. The number of nitrogens with zero attached hydrogens (tertiary/aromatic N) is 1. The van der Waals surface area contributed by atoms with Gasteiger partial charge in [-0.05, 0) is 26.7 Å². The normalized spacial score (nSPS) is 34.0. The molecule has 2 saturated heterocycles. The third kappa shape index (κ3) is 3.33. The lowest BCUT2D eigenvalue weighted by Gasteiger charge is -2.40. The highest BCUT2D eigenvalue weighted by atomic mass is 35.5. The number of hydrogen-bond acceptors (Lipinski definition) is 3. The summed E-state index contributed by atoms with van der Waals surface area (Å²) in [6.07, 6.45) is 2.01. The van der Waals surface area contributed by atoms with Gasteiger partial charge in [-0.1, -0.05) is 0 Å². The number of rotatable bonds is 1. The molecule has 0 spiro atoms. The number of ether oxygens (including phenoxy) is 1. The minimum atomic E-state index is 0. The van der Waals surface area contributed by atoms with Crippen LogP contribution in [0, 0.1) is 5.92 Å². The van der Waals surface area contributed by atoms with Gasteiger partial charge < -0.3 is 15.0 Å². The maximum Gasteiger partial charge on any atom is 0.228 e. The first-order valence-corrected chi connectivity index (χ1v) is 6.31. The second kappa shape index (κ2) is 6.57. The van der Waals surface area contributed by atoms with Crippen molar-refractivity contribution in [1.29, 1.82) is 0 Å². The summed E-state index contributed by atoms with van der Waals surface area (Å²) in [7, 11) is 0. The van der Waals surface area contributed by atoms with Crippen LogP contribution in [-0.2, 0) is 9.53 Å². The summed E-state index contributed by atoms with van der Waals surface area (Å²) < 4.78 is 5.39. The summed E-state index contributed by atoms with van der Waals surface area (Å²) >= 11 is 0. The molecule has 17 heavy (non-hydrogen) atoms. The minimum absolute atomic E-state index is 0. The van der Waals surface area contributed by atoms with E-state index in [0.717, 1.165) is 32.5 Å². The molecular formula is C12H23ClN2O2. The predicted octanol–water partition coefficient (Wildman–Crippen LogP) is 1.04. The van der Waals surface area contributed by atoms with Crippen molar-refractivity contribution in [1.82, 2.24) is 10.2 Å². The highest BCUT2D eigenvalue weighted by Crippen LogP contribution is 2.19. The van der Waals surface area contributed by atoms with E-state index in [4.69, 9.17) is 4.74 Å². The van der Waals surface area contributed by atoms with E-state index in [1.807, 2.05) is 4.90 Å². The quantitative estimate of drug-likeness (QED) is 0.768. The maximum atomic E-state index is 12.3. The lowest BCUT2D eigenvalue weighted by atomic mass is 9.98. The van der Waals surface area contributed by atoms with Gasteiger partial charge in [-0.15, -0.1) is 12.4 Å². The summed E-state index contributed by atoms with van der Waals surface area (Å²) in [4.78, 5) is 14.4. The molecule has 100 valence electrons. The van der Waals surface area contributed by atoms with Gasteiger partial charge in [0.1, 0.15) is 0 Å². The molecule has 1 N–H and O–H groups in total. The van der Waals surface area contributed by atoms with Crippen LogP contribution < -0.4 is 5.32 Å². The van der Waals surface area contributed by atoms with Gasteiger partial charge in [0.2, 0.25) is 5.91 Å². The van der Waals surface area contributed by atoms with Crippen molar-refractivity contribution in [2.75, 3.05) is 26.3 Å². The topological polar surface area (TPSA) is 41.6 Å². The van der Waals surface area contributed by atoms with Gasteiger partial charge in [-0.3, -0.25) is 4.79 Å². The first kappa shape index (κ1) is 14.7. The zero-order valence-corrected chi connectivity index (χ0v) is 11.5. The molecule has 5 heteroatoms. The number of amides is 1. The van der Waals surface area contributed by atoms with Crippen molar-refractivity contribution in [3.05, 3.63) is 0 Å². The van der Waals surface area contributed by atoms with Crippen LogP contribution in [0.2, 0.25) is 0 Å². The van der Waals surface area contributed by atoms with E-state index in [0.29, 0.717) is 24.6 Å². The molecule has 3 unspecified atom stereocenters. The monoisotopic (exact) mass is 262 g/mol. The van der Waals surface area contributed by atoms with Crippen LogP contribution in [0.25, 0.3) is 0 Å². The summed E-state index contributed by atoms with van der Waals surface area (Å²) in [5.74, 6) is 0.391. The standard InChI is InChI=1S/C12H22N2O2.ClH/c1-9-10(2)14(6-5-13-9)12(15)11-4-3-7-16-8-11;/h9-11,13H,3-8H2,1-2H3;1H. The third-order valence-electron chi connectivity index (χ3n) is 3.83. The Balaban J connectivity index is 0.00000144. The maximum absolute atomic E-state index is 12.3. The number of carbonyl (C=O) groups excluding carboxylic acids is 1. The Hall–Kier alpha value is -0.320. The fraction of sp³-hybridized carbons (Fsp3) is 0.917. The molecule has 0 aromatic heterocycles. The smallest absolute Gasteiger partial charge is 0.228 e. The van der Waals surface area contributed by atoms with E-state index in [9.17, 15) is 4.79 Å². The number of hydrogen-bond donors (Lipinski definition) is 1. The van der Waals surface area contributed by atoms with Gasteiger partial charge >= 0.3 is 0 Å². The zero-order valence-electron chi connectivity index (χ0n) is 10.6. The van der Waals surface area contributed by atoms with E-state index >= 15 is 0 Å². The third-order valence-corrected chi connectivity index (χ3v) is 3.83. The summed E-state index contributed by atoms with van der Waals surface area (Å²) in [6, 6.07) is 0.686. The number of carbonyl (C=O) groups is 1.